The van der Waals surface area contributed by atoms with Crippen LogP contribution in [0.15, 0.2) is 42.7 Å². The molecule has 0 atom stereocenters. The summed E-state index contributed by atoms with van der Waals surface area (Å²) in [6.45, 7) is 10.7. The molecule has 1 aromatic carbocycles. The number of piperidine rings is 1. The van der Waals surface area contributed by atoms with Crippen LogP contribution in [0.4, 0.5) is 17.6 Å². The van der Waals surface area contributed by atoms with Gasteiger partial charge in [0, 0.05) is 64.1 Å². The quantitative estimate of drug-likeness (QED) is 0.374. The number of fused-ring (bicyclic) bond motifs is 1. The number of benzene rings is 1. The lowest BCUT2D eigenvalue weighted by atomic mass is 10.1. The van der Waals surface area contributed by atoms with Crippen LogP contribution in [0.25, 0.3) is 11.3 Å². The van der Waals surface area contributed by atoms with E-state index in [2.05, 4.69) is 77.4 Å². The molecule has 3 aromatic heterocycles. The first kappa shape index (κ1) is 25.6. The maximum Gasteiger partial charge on any atom is 0.245 e. The van der Waals surface area contributed by atoms with Crippen molar-refractivity contribution in [3.63, 3.8) is 0 Å². The average Bonchev–Trinajstić information content (AvgIpc) is 3.61. The van der Waals surface area contributed by atoms with Gasteiger partial charge in [0.25, 0.3) is 0 Å². The lowest BCUT2D eigenvalue weighted by molar-refractivity contribution is 0.312. The SMILES string of the molecule is CC(C)c1cnc2c(NCc3ccccc3-n3ccc(N4CCN(C)CC4)n3)nc(N3CCC(N)CC3)nn12. The van der Waals surface area contributed by atoms with Crippen LogP contribution in [0, 0.1) is 0 Å². The fourth-order valence-electron chi connectivity index (χ4n) is 5.35. The molecule has 0 radical (unpaired) electrons. The fourth-order valence-corrected chi connectivity index (χ4v) is 5.35. The molecule has 0 amide bonds. The molecule has 0 bridgehead atoms. The molecule has 11 heteroatoms. The van der Waals surface area contributed by atoms with Gasteiger partial charge in [-0.15, -0.1) is 5.10 Å². The molecule has 206 valence electrons. The van der Waals surface area contributed by atoms with Gasteiger partial charge >= 0.3 is 0 Å². The number of rotatable bonds is 7. The summed E-state index contributed by atoms with van der Waals surface area (Å²) in [4.78, 5) is 16.6. The van der Waals surface area contributed by atoms with Crippen LogP contribution in [-0.2, 0) is 6.54 Å². The third-order valence-corrected chi connectivity index (χ3v) is 7.88. The Morgan fingerprint density at radius 3 is 2.51 bits per heavy atom. The van der Waals surface area contributed by atoms with Crippen LogP contribution in [0.3, 0.4) is 0 Å². The number of aromatic nitrogens is 6. The van der Waals surface area contributed by atoms with Gasteiger partial charge in [0.15, 0.2) is 17.3 Å². The molecular formula is C28H39N11. The molecule has 2 saturated heterocycles. The van der Waals surface area contributed by atoms with E-state index in [1.54, 1.807) is 0 Å². The summed E-state index contributed by atoms with van der Waals surface area (Å²) in [5, 5.41) is 13.4. The highest BCUT2D eigenvalue weighted by atomic mass is 15.4. The largest absolute Gasteiger partial charge is 0.363 e. The molecule has 0 aliphatic carbocycles. The Balaban J connectivity index is 1.27. The van der Waals surface area contributed by atoms with E-state index in [-0.39, 0.29) is 6.04 Å². The monoisotopic (exact) mass is 529 g/mol. The molecule has 0 unspecified atom stereocenters. The lowest BCUT2D eigenvalue weighted by Crippen LogP contribution is -2.44. The van der Waals surface area contributed by atoms with E-state index in [9.17, 15) is 0 Å². The Kier molecular flexibility index (Phi) is 7.09. The molecule has 3 N–H and O–H groups in total. The third kappa shape index (κ3) is 5.28. The van der Waals surface area contributed by atoms with E-state index in [0.29, 0.717) is 18.4 Å². The summed E-state index contributed by atoms with van der Waals surface area (Å²) in [6, 6.07) is 10.7. The van der Waals surface area contributed by atoms with Crippen molar-refractivity contribution < 1.29 is 0 Å². The van der Waals surface area contributed by atoms with Gasteiger partial charge in [-0.2, -0.15) is 10.1 Å². The minimum Gasteiger partial charge on any atom is -0.363 e. The van der Waals surface area contributed by atoms with E-state index in [0.717, 1.165) is 86.3 Å². The number of imidazole rings is 1. The van der Waals surface area contributed by atoms with E-state index < -0.39 is 0 Å². The summed E-state index contributed by atoms with van der Waals surface area (Å²) in [5.74, 6) is 2.76. The van der Waals surface area contributed by atoms with Crippen molar-refractivity contribution in [2.45, 2.75) is 45.2 Å². The zero-order valence-electron chi connectivity index (χ0n) is 23.2. The van der Waals surface area contributed by atoms with Crippen molar-refractivity contribution in [3.8, 4) is 5.69 Å². The van der Waals surface area contributed by atoms with Gasteiger partial charge in [-0.1, -0.05) is 32.0 Å². The number of nitrogens with one attached hydrogen (secondary N) is 1. The number of likely N-dealkylation sites (N-methyl/N-ethyl adjacent to an activating group) is 1. The van der Waals surface area contributed by atoms with Crippen molar-refractivity contribution >= 4 is 23.2 Å². The van der Waals surface area contributed by atoms with Crippen molar-refractivity contribution in [2.24, 2.45) is 5.73 Å². The Morgan fingerprint density at radius 2 is 1.74 bits per heavy atom. The summed E-state index contributed by atoms with van der Waals surface area (Å²) in [6.07, 6.45) is 5.85. The second-order valence-corrected chi connectivity index (χ2v) is 11.0. The number of anilines is 3. The van der Waals surface area contributed by atoms with Crippen molar-refractivity contribution in [1.82, 2.24) is 34.3 Å². The Hall–Kier alpha value is -3.70. The number of nitrogens with two attached hydrogens (primary N) is 1. The van der Waals surface area contributed by atoms with Crippen LogP contribution in [0.5, 0.6) is 0 Å². The summed E-state index contributed by atoms with van der Waals surface area (Å²) < 4.78 is 3.93. The normalized spacial score (nSPS) is 17.5. The van der Waals surface area contributed by atoms with Crippen LogP contribution >= 0.6 is 0 Å². The standard InChI is InChI=1S/C28H39N11/c1-20(2)24-19-31-27-26(32-28(34-39(24)27)37-11-8-22(29)9-12-37)30-18-21-6-4-5-7-23(21)38-13-10-25(33-38)36-16-14-35(3)15-17-36/h4-7,10,13,19-20,22H,8-9,11-12,14-18,29H2,1-3H3,(H,30,32,34). The molecule has 4 aromatic rings. The first-order valence-electron chi connectivity index (χ1n) is 14.0. The number of piperazine rings is 1. The summed E-state index contributed by atoms with van der Waals surface area (Å²) in [7, 11) is 2.17. The number of hydrogen-bond donors (Lipinski definition) is 2. The number of nitrogens with zero attached hydrogens (tertiary/aromatic N) is 9. The lowest BCUT2D eigenvalue weighted by Gasteiger charge is -2.32. The van der Waals surface area contributed by atoms with Crippen molar-refractivity contribution in [2.75, 3.05) is 61.4 Å². The van der Waals surface area contributed by atoms with Crippen LogP contribution < -0.4 is 20.9 Å². The zero-order valence-corrected chi connectivity index (χ0v) is 23.2. The highest BCUT2D eigenvalue weighted by Crippen LogP contribution is 2.25. The molecule has 11 nitrogen and oxygen atoms in total. The smallest absolute Gasteiger partial charge is 0.245 e. The van der Waals surface area contributed by atoms with Gasteiger partial charge in [0.05, 0.1) is 17.6 Å². The highest BCUT2D eigenvalue weighted by Gasteiger charge is 2.22. The van der Waals surface area contributed by atoms with Gasteiger partial charge in [-0.05, 0) is 37.4 Å². The first-order valence-corrected chi connectivity index (χ1v) is 14.0. The Morgan fingerprint density at radius 1 is 0.974 bits per heavy atom. The maximum atomic E-state index is 6.16. The zero-order chi connectivity index (χ0) is 26.9. The molecule has 2 fully saturated rings. The minimum absolute atomic E-state index is 0.248. The molecule has 5 heterocycles. The second-order valence-electron chi connectivity index (χ2n) is 11.0. The minimum atomic E-state index is 0.248. The maximum absolute atomic E-state index is 6.16. The number of para-hydroxylation sites is 1. The Bertz CT molecular complexity index is 1410. The average molecular weight is 530 g/mol. The van der Waals surface area contributed by atoms with Crippen LogP contribution in [0.2, 0.25) is 0 Å². The van der Waals surface area contributed by atoms with E-state index in [1.807, 2.05) is 15.4 Å². The summed E-state index contributed by atoms with van der Waals surface area (Å²) in [5.41, 5.74) is 10.1. The predicted molar refractivity (Wildman–Crippen MR) is 155 cm³/mol. The first-order chi connectivity index (χ1) is 19.0. The van der Waals surface area contributed by atoms with Crippen LogP contribution in [0.1, 0.15) is 43.9 Å². The van der Waals surface area contributed by atoms with Gasteiger partial charge in [0.2, 0.25) is 5.95 Å². The van der Waals surface area contributed by atoms with Gasteiger partial charge in [-0.25, -0.2) is 14.2 Å². The molecule has 39 heavy (non-hydrogen) atoms. The van der Waals surface area contributed by atoms with Crippen LogP contribution in [-0.4, -0.2) is 86.6 Å². The molecular weight excluding hydrogens is 490 g/mol. The molecule has 2 aliphatic heterocycles. The van der Waals surface area contributed by atoms with E-state index >= 15 is 0 Å². The molecule has 6 rings (SSSR count). The van der Waals surface area contributed by atoms with E-state index in [1.165, 1.54) is 0 Å². The molecule has 0 saturated carbocycles. The molecule has 0 spiro atoms. The molecule has 2 aliphatic rings. The van der Waals surface area contributed by atoms with Gasteiger partial charge < -0.3 is 25.8 Å². The highest BCUT2D eigenvalue weighted by molar-refractivity contribution is 5.65. The topological polar surface area (TPSA) is 109 Å². The van der Waals surface area contributed by atoms with Gasteiger partial charge in [0.1, 0.15) is 0 Å². The Labute approximate surface area is 229 Å². The van der Waals surface area contributed by atoms with E-state index in [4.69, 9.17) is 25.9 Å². The summed E-state index contributed by atoms with van der Waals surface area (Å²) >= 11 is 0. The predicted octanol–water partition coefficient (Wildman–Crippen LogP) is 2.72. The number of hydrogen-bond acceptors (Lipinski definition) is 9. The second kappa shape index (κ2) is 10.8. The van der Waals surface area contributed by atoms with Crippen molar-refractivity contribution in [3.05, 3.63) is 54.0 Å². The van der Waals surface area contributed by atoms with Gasteiger partial charge in [-0.3, -0.25) is 0 Å². The van der Waals surface area contributed by atoms with Crippen molar-refractivity contribution in [1.29, 1.82) is 0 Å². The fraction of sp³-hybridized carbons (Fsp3) is 0.500. The third-order valence-electron chi connectivity index (χ3n) is 7.88.